The molecule has 0 N–H and O–H groups in total. The minimum absolute atomic E-state index is 0.0217. The molecule has 0 aromatic heterocycles. The molecule has 0 spiro atoms. The minimum Gasteiger partial charge on any atom is -0.495 e. The Morgan fingerprint density at radius 3 is 1.50 bits per heavy atom. The van der Waals surface area contributed by atoms with Gasteiger partial charge in [0.05, 0.1) is 25.6 Å². The smallest absolute Gasteiger partial charge is 0.142 e. The Labute approximate surface area is 218 Å². The molecule has 2 heterocycles. The molecule has 4 aliphatic rings. The molecule has 0 bridgehead atoms. The Kier molecular flexibility index (Phi) is 5.73. The molecule has 2 aliphatic heterocycles. The molecular formula is C32H44N2O2. The lowest BCUT2D eigenvalue weighted by Gasteiger charge is -2.34. The molecule has 2 fully saturated rings. The van der Waals surface area contributed by atoms with E-state index in [1.807, 2.05) is 14.2 Å². The maximum atomic E-state index is 6.05. The van der Waals surface area contributed by atoms with Gasteiger partial charge in [-0.05, 0) is 95.9 Å². The Balaban J connectivity index is 1.50. The van der Waals surface area contributed by atoms with Gasteiger partial charge in [-0.3, -0.25) is 0 Å². The Hall–Kier alpha value is -2.36. The summed E-state index contributed by atoms with van der Waals surface area (Å²) in [5, 5.41) is 0. The molecule has 4 heteroatoms. The zero-order valence-corrected chi connectivity index (χ0v) is 23.2. The molecule has 2 unspecified atom stereocenters. The molecule has 0 radical (unpaired) electrons. The Bertz CT molecular complexity index is 1160. The summed E-state index contributed by atoms with van der Waals surface area (Å²) in [6, 6.07) is 9.81. The van der Waals surface area contributed by atoms with Crippen molar-refractivity contribution in [2.24, 2.45) is 0 Å². The first-order valence-corrected chi connectivity index (χ1v) is 14.2. The predicted octanol–water partition coefficient (Wildman–Crippen LogP) is 7.13. The van der Waals surface area contributed by atoms with Gasteiger partial charge >= 0.3 is 0 Å². The maximum absolute atomic E-state index is 6.05. The first kappa shape index (κ1) is 24.0. The van der Waals surface area contributed by atoms with Crippen molar-refractivity contribution in [3.8, 4) is 11.5 Å². The summed E-state index contributed by atoms with van der Waals surface area (Å²) in [6.07, 6.45) is 7.77. The van der Waals surface area contributed by atoms with E-state index in [-0.39, 0.29) is 10.8 Å². The van der Waals surface area contributed by atoms with Gasteiger partial charge in [0.15, 0.2) is 0 Å². The van der Waals surface area contributed by atoms with Crippen molar-refractivity contribution >= 4 is 11.4 Å². The van der Waals surface area contributed by atoms with Crippen LogP contribution in [0.15, 0.2) is 24.3 Å². The lowest BCUT2D eigenvalue weighted by molar-refractivity contribution is 0.348. The van der Waals surface area contributed by atoms with E-state index in [0.717, 1.165) is 37.7 Å². The first-order chi connectivity index (χ1) is 17.3. The fourth-order valence-corrected chi connectivity index (χ4v) is 8.20. The van der Waals surface area contributed by atoms with Crippen molar-refractivity contribution in [3.63, 3.8) is 0 Å². The highest BCUT2D eigenvalue weighted by Gasteiger charge is 2.58. The van der Waals surface area contributed by atoms with E-state index < -0.39 is 0 Å². The minimum atomic E-state index is 0.0217. The van der Waals surface area contributed by atoms with E-state index in [4.69, 9.17) is 9.47 Å². The Morgan fingerprint density at radius 2 is 1.00 bits per heavy atom. The average Bonchev–Trinajstić information content (AvgIpc) is 3.28. The molecule has 2 aromatic rings. The summed E-state index contributed by atoms with van der Waals surface area (Å²) in [7, 11) is 3.68. The van der Waals surface area contributed by atoms with E-state index in [0.29, 0.717) is 11.8 Å². The largest absolute Gasteiger partial charge is 0.495 e. The third-order valence-corrected chi connectivity index (χ3v) is 10.0. The number of hydrogen-bond acceptors (Lipinski definition) is 4. The first-order valence-electron chi connectivity index (χ1n) is 14.2. The third kappa shape index (κ3) is 3.39. The number of piperidine rings is 2. The molecule has 2 atom stereocenters. The van der Waals surface area contributed by atoms with Crippen LogP contribution in [-0.4, -0.2) is 40.4 Å². The predicted molar refractivity (Wildman–Crippen MR) is 150 cm³/mol. The Morgan fingerprint density at radius 1 is 0.583 bits per heavy atom. The van der Waals surface area contributed by atoms with E-state index in [9.17, 15) is 0 Å². The van der Waals surface area contributed by atoms with Crippen LogP contribution < -0.4 is 19.3 Å². The molecule has 0 amide bonds. The molecule has 0 saturated carbocycles. The van der Waals surface area contributed by atoms with Crippen molar-refractivity contribution in [3.05, 3.63) is 46.5 Å². The normalized spacial score (nSPS) is 25.8. The van der Waals surface area contributed by atoms with Gasteiger partial charge in [-0.1, -0.05) is 27.7 Å². The molecular weight excluding hydrogens is 444 g/mol. The second kappa shape index (κ2) is 8.60. The van der Waals surface area contributed by atoms with Crippen molar-refractivity contribution in [2.45, 2.75) is 88.9 Å². The van der Waals surface area contributed by atoms with Crippen LogP contribution in [0.4, 0.5) is 11.4 Å². The quantitative estimate of drug-likeness (QED) is 0.457. The van der Waals surface area contributed by atoms with E-state index in [2.05, 4.69) is 61.8 Å². The molecule has 6 rings (SSSR count). The molecule has 36 heavy (non-hydrogen) atoms. The van der Waals surface area contributed by atoms with Gasteiger partial charge in [0.25, 0.3) is 0 Å². The molecule has 194 valence electrons. The van der Waals surface area contributed by atoms with Gasteiger partial charge in [-0.25, -0.2) is 0 Å². The van der Waals surface area contributed by atoms with Crippen LogP contribution in [0.5, 0.6) is 11.5 Å². The van der Waals surface area contributed by atoms with Gasteiger partial charge in [-0.15, -0.1) is 0 Å². The summed E-state index contributed by atoms with van der Waals surface area (Å²) in [5.74, 6) is 2.97. The fourth-order valence-electron chi connectivity index (χ4n) is 8.20. The number of ether oxygens (including phenoxy) is 2. The highest BCUT2D eigenvalue weighted by molar-refractivity contribution is 5.72. The highest BCUT2D eigenvalue weighted by Crippen LogP contribution is 2.68. The molecule has 2 saturated heterocycles. The topological polar surface area (TPSA) is 24.9 Å². The number of nitrogens with zero attached hydrogens (tertiary/aromatic N) is 2. The van der Waals surface area contributed by atoms with E-state index in [1.54, 1.807) is 0 Å². The lowest BCUT2D eigenvalue weighted by atomic mass is 9.72. The van der Waals surface area contributed by atoms with Gasteiger partial charge < -0.3 is 19.3 Å². The van der Waals surface area contributed by atoms with Gasteiger partial charge in [0, 0.05) is 38.0 Å². The summed E-state index contributed by atoms with van der Waals surface area (Å²) >= 11 is 0. The van der Waals surface area contributed by atoms with Crippen molar-refractivity contribution < 1.29 is 9.47 Å². The SMILES string of the molecule is COc1cc2c(cc1N1CCCCC1)C1C(c3cc(OC)c(N4CCCCC4)cc3C1(C)C)C2(C)C. The van der Waals surface area contributed by atoms with Crippen LogP contribution in [0, 0.1) is 0 Å². The van der Waals surface area contributed by atoms with Crippen molar-refractivity contribution in [2.75, 3.05) is 50.2 Å². The number of benzene rings is 2. The number of anilines is 2. The number of hydrogen-bond donors (Lipinski definition) is 0. The molecule has 2 aromatic carbocycles. The maximum Gasteiger partial charge on any atom is 0.142 e. The number of methoxy groups -OCH3 is 2. The van der Waals surface area contributed by atoms with Crippen LogP contribution >= 0.6 is 0 Å². The zero-order valence-electron chi connectivity index (χ0n) is 23.2. The zero-order chi connectivity index (χ0) is 25.2. The summed E-state index contributed by atoms with van der Waals surface area (Å²) in [6.45, 7) is 14.4. The van der Waals surface area contributed by atoms with Crippen LogP contribution in [0.1, 0.15) is 100 Å². The van der Waals surface area contributed by atoms with Crippen LogP contribution in [0.25, 0.3) is 0 Å². The van der Waals surface area contributed by atoms with Crippen molar-refractivity contribution in [1.82, 2.24) is 0 Å². The summed E-state index contributed by atoms with van der Waals surface area (Å²) in [4.78, 5) is 5.13. The monoisotopic (exact) mass is 488 g/mol. The summed E-state index contributed by atoms with van der Waals surface area (Å²) < 4.78 is 12.1. The third-order valence-electron chi connectivity index (χ3n) is 10.0. The second-order valence-corrected chi connectivity index (χ2v) is 12.7. The number of rotatable bonds is 4. The van der Waals surface area contributed by atoms with E-state index >= 15 is 0 Å². The van der Waals surface area contributed by atoms with Crippen molar-refractivity contribution in [1.29, 1.82) is 0 Å². The standard InChI is InChI=1S/C32H44N2O2/c1-31(2)23-19-26(34-15-11-8-12-16-34)27(35-5)18-22(23)30-29(31)21-17-25(33-13-9-7-10-14-33)28(36-6)20-24(21)32(30,3)4/h17-20,29-30H,7-16H2,1-6H3. The fraction of sp³-hybridized carbons (Fsp3) is 0.625. The second-order valence-electron chi connectivity index (χ2n) is 12.7. The highest BCUT2D eigenvalue weighted by atomic mass is 16.5. The van der Waals surface area contributed by atoms with Crippen LogP contribution in [-0.2, 0) is 10.8 Å². The van der Waals surface area contributed by atoms with Crippen LogP contribution in [0.2, 0.25) is 0 Å². The van der Waals surface area contributed by atoms with Gasteiger partial charge in [-0.2, -0.15) is 0 Å². The molecule has 2 aliphatic carbocycles. The summed E-state index contributed by atoms with van der Waals surface area (Å²) in [5.41, 5.74) is 8.67. The molecule has 4 nitrogen and oxygen atoms in total. The van der Waals surface area contributed by atoms with Gasteiger partial charge in [0.1, 0.15) is 11.5 Å². The van der Waals surface area contributed by atoms with Gasteiger partial charge in [0.2, 0.25) is 0 Å². The van der Waals surface area contributed by atoms with E-state index in [1.165, 1.54) is 72.2 Å². The number of fused-ring (bicyclic) bond motifs is 5. The lowest BCUT2D eigenvalue weighted by Crippen LogP contribution is -2.30. The average molecular weight is 489 g/mol. The van der Waals surface area contributed by atoms with Crippen LogP contribution in [0.3, 0.4) is 0 Å².